The lowest BCUT2D eigenvalue weighted by molar-refractivity contribution is -0.142. The van der Waals surface area contributed by atoms with Crippen molar-refractivity contribution in [1.82, 2.24) is 4.90 Å². The molecule has 0 heterocycles. The molecule has 0 aliphatic carbocycles. The molecule has 0 aliphatic heterocycles. The molecular formula is C15H19NO5. The van der Waals surface area contributed by atoms with E-state index in [9.17, 15) is 14.4 Å². The minimum absolute atomic E-state index is 0.0465. The highest BCUT2D eigenvalue weighted by molar-refractivity contribution is 5.87. The van der Waals surface area contributed by atoms with E-state index >= 15 is 0 Å². The van der Waals surface area contributed by atoms with Gasteiger partial charge < -0.3 is 10.2 Å². The van der Waals surface area contributed by atoms with E-state index in [1.165, 1.54) is 19.1 Å². The first-order chi connectivity index (χ1) is 9.79. The lowest BCUT2D eigenvalue weighted by atomic mass is 10.1. The van der Waals surface area contributed by atoms with Gasteiger partial charge in [0.1, 0.15) is 5.78 Å². The molecule has 1 unspecified atom stereocenters. The van der Waals surface area contributed by atoms with Gasteiger partial charge in [-0.25, -0.2) is 4.79 Å². The lowest BCUT2D eigenvalue weighted by Crippen LogP contribution is -2.34. The predicted octanol–water partition coefficient (Wildman–Crippen LogP) is 1.50. The monoisotopic (exact) mass is 293 g/mol. The number of carboxylic acid groups (broad SMARTS) is 2. The van der Waals surface area contributed by atoms with Crippen LogP contribution in [-0.2, 0) is 16.1 Å². The Balaban J connectivity index is 2.77. The maximum atomic E-state index is 11.3. The van der Waals surface area contributed by atoms with Crippen LogP contribution in [0.25, 0.3) is 0 Å². The number of carbonyl (C=O) groups is 3. The Hall–Kier alpha value is -2.21. The highest BCUT2D eigenvalue weighted by atomic mass is 16.4. The highest BCUT2D eigenvalue weighted by Gasteiger charge is 2.17. The van der Waals surface area contributed by atoms with Crippen molar-refractivity contribution in [2.75, 3.05) is 13.1 Å². The summed E-state index contributed by atoms with van der Waals surface area (Å²) in [5.74, 6) is -2.54. The molecule has 1 aromatic carbocycles. The SMILES string of the molecule is CC(=O)CN(Cc1ccc(C(=O)O)cc1)CC(C)C(=O)O. The summed E-state index contributed by atoms with van der Waals surface area (Å²) < 4.78 is 0. The summed E-state index contributed by atoms with van der Waals surface area (Å²) in [5.41, 5.74) is 1.02. The molecule has 0 aromatic heterocycles. The molecule has 6 heteroatoms. The Morgan fingerprint density at radius 3 is 2.14 bits per heavy atom. The number of carboxylic acids is 2. The van der Waals surface area contributed by atoms with E-state index in [-0.39, 0.29) is 24.4 Å². The van der Waals surface area contributed by atoms with Gasteiger partial charge in [0, 0.05) is 13.1 Å². The Morgan fingerprint density at radius 2 is 1.71 bits per heavy atom. The minimum Gasteiger partial charge on any atom is -0.481 e. The van der Waals surface area contributed by atoms with Crippen LogP contribution in [0, 0.1) is 5.92 Å². The van der Waals surface area contributed by atoms with E-state index in [4.69, 9.17) is 10.2 Å². The van der Waals surface area contributed by atoms with Crippen molar-refractivity contribution >= 4 is 17.7 Å². The van der Waals surface area contributed by atoms with Gasteiger partial charge in [-0.3, -0.25) is 14.5 Å². The molecule has 21 heavy (non-hydrogen) atoms. The van der Waals surface area contributed by atoms with E-state index < -0.39 is 17.9 Å². The predicted molar refractivity (Wildman–Crippen MR) is 76.2 cm³/mol. The second kappa shape index (κ2) is 7.54. The van der Waals surface area contributed by atoms with Crippen LogP contribution in [0.15, 0.2) is 24.3 Å². The van der Waals surface area contributed by atoms with Crippen molar-refractivity contribution in [1.29, 1.82) is 0 Å². The molecule has 0 radical (unpaired) electrons. The summed E-state index contributed by atoms with van der Waals surface area (Å²) in [7, 11) is 0. The number of ketones is 1. The molecule has 0 aliphatic rings. The second-order valence-corrected chi connectivity index (χ2v) is 5.11. The number of Topliss-reactive ketones (excluding diaryl/α,β-unsaturated/α-hetero) is 1. The maximum Gasteiger partial charge on any atom is 0.335 e. The third-order valence-corrected chi connectivity index (χ3v) is 3.01. The van der Waals surface area contributed by atoms with Crippen LogP contribution in [0.3, 0.4) is 0 Å². The van der Waals surface area contributed by atoms with E-state index in [1.807, 2.05) is 0 Å². The Morgan fingerprint density at radius 1 is 1.14 bits per heavy atom. The molecule has 1 aromatic rings. The van der Waals surface area contributed by atoms with Crippen molar-refractivity contribution < 1.29 is 24.6 Å². The number of hydrogen-bond acceptors (Lipinski definition) is 4. The quantitative estimate of drug-likeness (QED) is 0.754. The number of aliphatic carboxylic acids is 1. The van der Waals surface area contributed by atoms with E-state index in [1.54, 1.807) is 24.0 Å². The fourth-order valence-electron chi connectivity index (χ4n) is 1.98. The number of carbonyl (C=O) groups excluding carboxylic acids is 1. The minimum atomic E-state index is -0.998. The van der Waals surface area contributed by atoms with Gasteiger partial charge >= 0.3 is 11.9 Å². The summed E-state index contributed by atoms with van der Waals surface area (Å²) >= 11 is 0. The van der Waals surface area contributed by atoms with Crippen molar-refractivity contribution in [3.8, 4) is 0 Å². The topological polar surface area (TPSA) is 94.9 Å². The van der Waals surface area contributed by atoms with Crippen molar-refractivity contribution in [2.45, 2.75) is 20.4 Å². The molecule has 0 spiro atoms. The van der Waals surface area contributed by atoms with Crippen molar-refractivity contribution in [3.05, 3.63) is 35.4 Å². The number of rotatable bonds is 8. The molecule has 1 rings (SSSR count). The molecular weight excluding hydrogens is 274 g/mol. The van der Waals surface area contributed by atoms with Gasteiger partial charge in [0.05, 0.1) is 18.0 Å². The van der Waals surface area contributed by atoms with Crippen LogP contribution in [0.4, 0.5) is 0 Å². The molecule has 0 bridgehead atoms. The zero-order valence-corrected chi connectivity index (χ0v) is 12.1. The van der Waals surface area contributed by atoms with Gasteiger partial charge in [-0.05, 0) is 24.6 Å². The molecule has 0 amide bonds. The van der Waals surface area contributed by atoms with Crippen LogP contribution < -0.4 is 0 Å². The van der Waals surface area contributed by atoms with Crippen molar-refractivity contribution in [2.24, 2.45) is 5.92 Å². The summed E-state index contributed by atoms with van der Waals surface area (Å²) in [5, 5.41) is 17.8. The van der Waals surface area contributed by atoms with Crippen molar-refractivity contribution in [3.63, 3.8) is 0 Å². The molecule has 6 nitrogen and oxygen atoms in total. The van der Waals surface area contributed by atoms with E-state index in [0.717, 1.165) is 5.56 Å². The van der Waals surface area contributed by atoms with Gasteiger partial charge in [-0.15, -0.1) is 0 Å². The molecule has 1 atom stereocenters. The average Bonchev–Trinajstić information content (AvgIpc) is 2.38. The van der Waals surface area contributed by atoms with Gasteiger partial charge in [0.15, 0.2) is 0 Å². The van der Waals surface area contributed by atoms with Crippen LogP contribution in [0.2, 0.25) is 0 Å². The number of benzene rings is 1. The first-order valence-corrected chi connectivity index (χ1v) is 6.56. The number of nitrogens with zero attached hydrogens (tertiary/aromatic N) is 1. The van der Waals surface area contributed by atoms with Gasteiger partial charge in [0.2, 0.25) is 0 Å². The summed E-state index contributed by atoms with van der Waals surface area (Å²) in [6, 6.07) is 6.32. The fraction of sp³-hybridized carbons (Fsp3) is 0.400. The first kappa shape index (κ1) is 16.8. The van der Waals surface area contributed by atoms with Gasteiger partial charge in [-0.2, -0.15) is 0 Å². The third kappa shape index (κ3) is 5.74. The van der Waals surface area contributed by atoms with E-state index in [2.05, 4.69) is 0 Å². The largest absolute Gasteiger partial charge is 0.481 e. The summed E-state index contributed by atoms with van der Waals surface area (Å²) in [6.45, 7) is 3.86. The molecule has 0 saturated carbocycles. The molecule has 0 fully saturated rings. The third-order valence-electron chi connectivity index (χ3n) is 3.01. The zero-order valence-electron chi connectivity index (χ0n) is 12.1. The molecule has 114 valence electrons. The standard InChI is InChI=1S/C15H19NO5/c1-10(14(18)19)7-16(8-11(2)17)9-12-3-5-13(6-4-12)15(20)21/h3-6,10H,7-9H2,1-2H3,(H,18,19)(H,20,21). The highest BCUT2D eigenvalue weighted by Crippen LogP contribution is 2.10. The first-order valence-electron chi connectivity index (χ1n) is 6.56. The number of hydrogen-bond donors (Lipinski definition) is 2. The van der Waals surface area contributed by atoms with Crippen LogP contribution in [-0.4, -0.2) is 45.9 Å². The Kier molecular flexibility index (Phi) is 6.05. The summed E-state index contributed by atoms with van der Waals surface area (Å²) in [4.78, 5) is 34.7. The lowest BCUT2D eigenvalue weighted by Gasteiger charge is -2.23. The summed E-state index contributed by atoms with van der Waals surface area (Å²) in [6.07, 6.45) is 0. The fourth-order valence-corrected chi connectivity index (χ4v) is 1.98. The Labute approximate surface area is 123 Å². The Bertz CT molecular complexity index is 523. The maximum absolute atomic E-state index is 11.3. The normalized spacial score (nSPS) is 12.1. The number of aromatic carboxylic acids is 1. The van der Waals surface area contributed by atoms with Crippen LogP contribution in [0.5, 0.6) is 0 Å². The van der Waals surface area contributed by atoms with Crippen LogP contribution >= 0.6 is 0 Å². The van der Waals surface area contributed by atoms with Gasteiger partial charge in [0.25, 0.3) is 0 Å². The zero-order chi connectivity index (χ0) is 16.0. The molecule has 2 N–H and O–H groups in total. The van der Waals surface area contributed by atoms with Crippen LogP contribution in [0.1, 0.15) is 29.8 Å². The van der Waals surface area contributed by atoms with E-state index in [0.29, 0.717) is 6.54 Å². The average molecular weight is 293 g/mol. The molecule has 0 saturated heterocycles. The van der Waals surface area contributed by atoms with Gasteiger partial charge in [-0.1, -0.05) is 19.1 Å². The smallest absolute Gasteiger partial charge is 0.335 e. The second-order valence-electron chi connectivity index (χ2n) is 5.11.